The van der Waals surface area contributed by atoms with Gasteiger partial charge in [-0.25, -0.2) is 0 Å². The molecule has 0 aromatic heterocycles. The molecule has 3 rings (SSSR count). The SMILES string of the molecule is Cc1ccc(N2C(=O)C(O)=C(C(=O)C(C)(C)C)C2c2cccc(O)c2)cc1. The number of hydrogen-bond donors (Lipinski definition) is 2. The molecular weight excluding hydrogens is 342 g/mol. The quantitative estimate of drug-likeness (QED) is 0.854. The Balaban J connectivity index is 2.21. The number of nitrogens with zero attached hydrogens (tertiary/aromatic N) is 1. The Morgan fingerprint density at radius 3 is 2.22 bits per heavy atom. The van der Waals surface area contributed by atoms with Gasteiger partial charge in [-0.2, -0.15) is 0 Å². The lowest BCUT2D eigenvalue weighted by molar-refractivity contribution is -0.123. The minimum atomic E-state index is -0.806. The summed E-state index contributed by atoms with van der Waals surface area (Å²) in [6.45, 7) is 7.17. The van der Waals surface area contributed by atoms with Crippen molar-refractivity contribution in [1.82, 2.24) is 0 Å². The van der Waals surface area contributed by atoms with Crippen LogP contribution in [0.1, 0.15) is 37.9 Å². The minimum Gasteiger partial charge on any atom is -0.508 e. The predicted octanol–water partition coefficient (Wildman–Crippen LogP) is 4.22. The summed E-state index contributed by atoms with van der Waals surface area (Å²) in [7, 11) is 0. The smallest absolute Gasteiger partial charge is 0.294 e. The average Bonchev–Trinajstić information content (AvgIpc) is 2.86. The third kappa shape index (κ3) is 3.33. The van der Waals surface area contributed by atoms with Crippen LogP contribution in [0.25, 0.3) is 0 Å². The number of Topliss-reactive ketones (excluding diaryl/α,β-unsaturated/α-hetero) is 1. The maximum atomic E-state index is 13.1. The normalized spacial score (nSPS) is 17.6. The Bertz CT molecular complexity index is 936. The monoisotopic (exact) mass is 365 g/mol. The molecule has 5 nitrogen and oxygen atoms in total. The van der Waals surface area contributed by atoms with Crippen LogP contribution in [0.3, 0.4) is 0 Å². The van der Waals surface area contributed by atoms with E-state index < -0.39 is 23.1 Å². The molecule has 0 saturated carbocycles. The first-order chi connectivity index (χ1) is 12.6. The van der Waals surface area contributed by atoms with Gasteiger partial charge in [0.15, 0.2) is 11.5 Å². The Morgan fingerprint density at radius 1 is 1.04 bits per heavy atom. The highest BCUT2D eigenvalue weighted by Crippen LogP contribution is 2.43. The van der Waals surface area contributed by atoms with Crippen LogP contribution in [-0.2, 0) is 9.59 Å². The third-order valence-electron chi connectivity index (χ3n) is 4.63. The maximum Gasteiger partial charge on any atom is 0.294 e. The van der Waals surface area contributed by atoms with Crippen molar-refractivity contribution in [1.29, 1.82) is 0 Å². The predicted molar refractivity (Wildman–Crippen MR) is 104 cm³/mol. The molecule has 2 N–H and O–H groups in total. The van der Waals surface area contributed by atoms with E-state index >= 15 is 0 Å². The number of ketones is 1. The molecule has 0 fully saturated rings. The van der Waals surface area contributed by atoms with Crippen LogP contribution in [-0.4, -0.2) is 21.9 Å². The first kappa shape index (κ1) is 18.7. The van der Waals surface area contributed by atoms with Crippen LogP contribution < -0.4 is 4.90 Å². The van der Waals surface area contributed by atoms with Gasteiger partial charge >= 0.3 is 0 Å². The number of aryl methyl sites for hydroxylation is 1. The van der Waals surface area contributed by atoms with Crippen molar-refractivity contribution >= 4 is 17.4 Å². The molecule has 27 heavy (non-hydrogen) atoms. The fourth-order valence-electron chi connectivity index (χ4n) is 3.22. The molecule has 140 valence electrons. The zero-order valence-corrected chi connectivity index (χ0v) is 15.9. The molecule has 2 aromatic rings. The highest BCUT2D eigenvalue weighted by Gasteiger charge is 2.46. The standard InChI is InChI=1S/C22H23NO4/c1-13-8-10-15(11-9-13)23-18(14-6-5-7-16(24)12-14)17(19(25)21(23)27)20(26)22(2,3)4/h5-12,18,24-25H,1-4H3. The van der Waals surface area contributed by atoms with Crippen LogP contribution in [0.2, 0.25) is 0 Å². The summed E-state index contributed by atoms with van der Waals surface area (Å²) in [4.78, 5) is 27.4. The summed E-state index contributed by atoms with van der Waals surface area (Å²) in [5, 5.41) is 20.5. The second-order valence-corrected chi connectivity index (χ2v) is 7.85. The third-order valence-corrected chi connectivity index (χ3v) is 4.63. The number of phenolic OH excluding ortho intramolecular Hbond substituents is 1. The summed E-state index contributed by atoms with van der Waals surface area (Å²) in [5.41, 5.74) is 1.44. The Kier molecular flexibility index (Phi) is 4.56. The lowest BCUT2D eigenvalue weighted by atomic mass is 9.82. The summed E-state index contributed by atoms with van der Waals surface area (Å²) < 4.78 is 0. The maximum absolute atomic E-state index is 13.1. The summed E-state index contributed by atoms with van der Waals surface area (Å²) in [5.74, 6) is -1.45. The zero-order chi connectivity index (χ0) is 19.9. The Labute approximate surface area is 158 Å². The van der Waals surface area contributed by atoms with E-state index in [0.717, 1.165) is 5.56 Å². The van der Waals surface area contributed by atoms with Gasteiger partial charge in [-0.05, 0) is 36.8 Å². The fraction of sp³-hybridized carbons (Fsp3) is 0.273. The minimum absolute atomic E-state index is 0.0257. The van der Waals surface area contributed by atoms with Crippen molar-refractivity contribution in [3.8, 4) is 5.75 Å². The number of benzene rings is 2. The van der Waals surface area contributed by atoms with Crippen molar-refractivity contribution in [3.05, 3.63) is 71.0 Å². The van der Waals surface area contributed by atoms with Gasteiger partial charge in [-0.15, -0.1) is 0 Å². The molecule has 1 aliphatic rings. The number of carbonyl (C=O) groups excluding carboxylic acids is 2. The van der Waals surface area contributed by atoms with Gasteiger partial charge in [0, 0.05) is 11.1 Å². The summed E-state index contributed by atoms with van der Waals surface area (Å²) >= 11 is 0. The van der Waals surface area contributed by atoms with E-state index in [1.165, 1.54) is 17.0 Å². The highest BCUT2D eigenvalue weighted by atomic mass is 16.3. The molecule has 0 radical (unpaired) electrons. The Hall–Kier alpha value is -3.08. The number of rotatable bonds is 3. The first-order valence-corrected chi connectivity index (χ1v) is 8.78. The number of anilines is 1. The van der Waals surface area contributed by atoms with Crippen LogP contribution in [0.5, 0.6) is 5.75 Å². The second-order valence-electron chi connectivity index (χ2n) is 7.85. The van der Waals surface area contributed by atoms with Crippen molar-refractivity contribution in [3.63, 3.8) is 0 Å². The molecule has 0 spiro atoms. The van der Waals surface area contributed by atoms with Gasteiger partial charge in [-0.1, -0.05) is 50.6 Å². The fourth-order valence-corrected chi connectivity index (χ4v) is 3.22. The zero-order valence-electron chi connectivity index (χ0n) is 15.9. The van der Waals surface area contributed by atoms with E-state index in [-0.39, 0.29) is 17.1 Å². The molecule has 0 bridgehead atoms. The van der Waals surface area contributed by atoms with Gasteiger partial charge in [0.2, 0.25) is 0 Å². The first-order valence-electron chi connectivity index (χ1n) is 8.78. The number of amides is 1. The molecule has 0 aliphatic carbocycles. The van der Waals surface area contributed by atoms with E-state index in [1.54, 1.807) is 45.0 Å². The van der Waals surface area contributed by atoms with Crippen LogP contribution in [0.15, 0.2) is 59.9 Å². The van der Waals surface area contributed by atoms with Gasteiger partial charge in [0.05, 0.1) is 11.6 Å². The molecule has 1 amide bonds. The Morgan fingerprint density at radius 2 is 1.67 bits per heavy atom. The molecule has 1 unspecified atom stereocenters. The molecule has 1 atom stereocenters. The number of aromatic hydroxyl groups is 1. The average molecular weight is 365 g/mol. The van der Waals surface area contributed by atoms with Gasteiger partial charge in [0.1, 0.15) is 5.75 Å². The largest absolute Gasteiger partial charge is 0.508 e. The molecule has 1 aliphatic heterocycles. The van der Waals surface area contributed by atoms with Crippen molar-refractivity contribution < 1.29 is 19.8 Å². The number of aliphatic hydroxyl groups excluding tert-OH is 1. The lowest BCUT2D eigenvalue weighted by Crippen LogP contribution is -2.32. The van der Waals surface area contributed by atoms with Gasteiger partial charge in [-0.3, -0.25) is 14.5 Å². The van der Waals surface area contributed by atoms with E-state index in [2.05, 4.69) is 0 Å². The highest BCUT2D eigenvalue weighted by molar-refractivity contribution is 6.17. The number of aliphatic hydroxyl groups is 1. The van der Waals surface area contributed by atoms with E-state index in [0.29, 0.717) is 11.3 Å². The van der Waals surface area contributed by atoms with Crippen molar-refractivity contribution in [2.75, 3.05) is 4.90 Å². The summed E-state index contributed by atoms with van der Waals surface area (Å²) in [6.07, 6.45) is 0. The number of hydrogen-bond acceptors (Lipinski definition) is 4. The molecule has 5 heteroatoms. The van der Waals surface area contributed by atoms with Crippen LogP contribution >= 0.6 is 0 Å². The number of phenols is 1. The van der Waals surface area contributed by atoms with E-state index in [1.807, 2.05) is 19.1 Å². The topological polar surface area (TPSA) is 77.8 Å². The second kappa shape index (κ2) is 6.58. The van der Waals surface area contributed by atoms with Crippen LogP contribution in [0, 0.1) is 12.3 Å². The molecule has 0 saturated heterocycles. The number of carbonyl (C=O) groups is 2. The molecule has 1 heterocycles. The van der Waals surface area contributed by atoms with E-state index in [4.69, 9.17) is 0 Å². The molecule has 2 aromatic carbocycles. The van der Waals surface area contributed by atoms with Crippen LogP contribution in [0.4, 0.5) is 5.69 Å². The van der Waals surface area contributed by atoms with E-state index in [9.17, 15) is 19.8 Å². The van der Waals surface area contributed by atoms with Gasteiger partial charge < -0.3 is 10.2 Å². The van der Waals surface area contributed by atoms with Crippen molar-refractivity contribution in [2.24, 2.45) is 5.41 Å². The molecular formula is C22H23NO4. The van der Waals surface area contributed by atoms with Crippen molar-refractivity contribution in [2.45, 2.75) is 33.7 Å². The lowest BCUT2D eigenvalue weighted by Gasteiger charge is -2.29. The summed E-state index contributed by atoms with van der Waals surface area (Å²) in [6, 6.07) is 12.9. The van der Waals surface area contributed by atoms with Gasteiger partial charge in [0.25, 0.3) is 5.91 Å².